The number of fused-ring (bicyclic) bond motifs is 3. The molecule has 2 heterocycles. The predicted octanol–water partition coefficient (Wildman–Crippen LogP) is 3.96. The zero-order valence-electron chi connectivity index (χ0n) is 10.4. The summed E-state index contributed by atoms with van der Waals surface area (Å²) in [7, 11) is 0. The minimum absolute atomic E-state index is 0.459. The van der Waals surface area contributed by atoms with Crippen molar-refractivity contribution < 1.29 is 0 Å². The van der Waals surface area contributed by atoms with Gasteiger partial charge in [-0.2, -0.15) is 0 Å². The Kier molecular flexibility index (Phi) is 2.71. The van der Waals surface area contributed by atoms with Gasteiger partial charge in [-0.1, -0.05) is 37.6 Å². The van der Waals surface area contributed by atoms with Crippen LogP contribution < -0.4 is 0 Å². The standard InChI is InChI=1S/C14H14ClN3/c1-8(2)6-9-4-3-5-10-11(9)12-13(14(15)18-10)17-7-16-12/h3-5,7-8H,6H2,1-2H3,(H,16,17). The Morgan fingerprint density at radius 3 is 2.94 bits per heavy atom. The van der Waals surface area contributed by atoms with Crippen molar-refractivity contribution in [1.29, 1.82) is 0 Å². The molecule has 0 saturated heterocycles. The van der Waals surface area contributed by atoms with Crippen molar-refractivity contribution in [2.45, 2.75) is 20.3 Å². The fourth-order valence-electron chi connectivity index (χ4n) is 2.38. The average molecular weight is 260 g/mol. The molecule has 0 amide bonds. The largest absolute Gasteiger partial charge is 0.344 e. The lowest BCUT2D eigenvalue weighted by atomic mass is 9.98. The first-order valence-corrected chi connectivity index (χ1v) is 6.45. The number of nitrogens with zero attached hydrogens (tertiary/aromatic N) is 2. The van der Waals surface area contributed by atoms with Gasteiger partial charge in [0.05, 0.1) is 17.4 Å². The normalized spacial score (nSPS) is 11.8. The molecule has 0 atom stereocenters. The molecule has 92 valence electrons. The van der Waals surface area contributed by atoms with Crippen LogP contribution in [0.2, 0.25) is 5.15 Å². The average Bonchev–Trinajstić information content (AvgIpc) is 2.77. The molecule has 0 bridgehead atoms. The van der Waals surface area contributed by atoms with Gasteiger partial charge in [0.2, 0.25) is 0 Å². The van der Waals surface area contributed by atoms with Gasteiger partial charge >= 0.3 is 0 Å². The van der Waals surface area contributed by atoms with E-state index < -0.39 is 0 Å². The fourth-order valence-corrected chi connectivity index (χ4v) is 2.61. The van der Waals surface area contributed by atoms with Gasteiger partial charge in [-0.05, 0) is 24.0 Å². The summed E-state index contributed by atoms with van der Waals surface area (Å²) in [6.07, 6.45) is 2.69. The van der Waals surface area contributed by atoms with Crippen LogP contribution in [-0.4, -0.2) is 15.0 Å². The molecule has 2 aromatic heterocycles. The van der Waals surface area contributed by atoms with E-state index in [1.54, 1.807) is 6.33 Å². The highest BCUT2D eigenvalue weighted by atomic mass is 35.5. The summed E-state index contributed by atoms with van der Waals surface area (Å²) in [5.41, 5.74) is 3.96. The van der Waals surface area contributed by atoms with Gasteiger partial charge in [-0.15, -0.1) is 0 Å². The third-order valence-electron chi connectivity index (χ3n) is 3.06. The van der Waals surface area contributed by atoms with Crippen LogP contribution in [0.1, 0.15) is 19.4 Å². The molecule has 18 heavy (non-hydrogen) atoms. The molecule has 0 aliphatic carbocycles. The molecule has 4 heteroatoms. The molecule has 1 N–H and O–H groups in total. The van der Waals surface area contributed by atoms with Crippen LogP contribution in [-0.2, 0) is 6.42 Å². The second-order valence-electron chi connectivity index (χ2n) is 4.94. The number of aromatic nitrogens is 3. The molecule has 0 radical (unpaired) electrons. The van der Waals surface area contributed by atoms with E-state index in [9.17, 15) is 0 Å². The second kappa shape index (κ2) is 4.25. The number of H-pyrrole nitrogens is 1. The first-order valence-electron chi connectivity index (χ1n) is 6.07. The molecule has 3 nitrogen and oxygen atoms in total. The van der Waals surface area contributed by atoms with Gasteiger partial charge in [0.15, 0.2) is 5.15 Å². The maximum atomic E-state index is 6.14. The van der Waals surface area contributed by atoms with Crippen LogP contribution in [0, 0.1) is 5.92 Å². The quantitative estimate of drug-likeness (QED) is 0.708. The second-order valence-corrected chi connectivity index (χ2v) is 5.30. The lowest BCUT2D eigenvalue weighted by Gasteiger charge is -2.09. The van der Waals surface area contributed by atoms with E-state index in [0.29, 0.717) is 11.1 Å². The number of benzene rings is 1. The van der Waals surface area contributed by atoms with Gasteiger partial charge < -0.3 is 4.98 Å². The third-order valence-corrected chi connectivity index (χ3v) is 3.32. The van der Waals surface area contributed by atoms with E-state index in [2.05, 4.69) is 34.9 Å². The molecule has 0 unspecified atom stereocenters. The SMILES string of the molecule is CC(C)Cc1cccc2nc(Cl)c3nc[nH]c3c12. The summed E-state index contributed by atoms with van der Waals surface area (Å²) < 4.78 is 0. The fraction of sp³-hybridized carbons (Fsp3) is 0.286. The van der Waals surface area contributed by atoms with E-state index in [1.807, 2.05) is 12.1 Å². The topological polar surface area (TPSA) is 41.6 Å². The lowest BCUT2D eigenvalue weighted by molar-refractivity contribution is 0.650. The third kappa shape index (κ3) is 1.75. The van der Waals surface area contributed by atoms with Crippen LogP contribution >= 0.6 is 11.6 Å². The van der Waals surface area contributed by atoms with E-state index in [-0.39, 0.29) is 0 Å². The van der Waals surface area contributed by atoms with E-state index in [1.165, 1.54) is 5.56 Å². The van der Waals surface area contributed by atoms with Gasteiger partial charge in [0.25, 0.3) is 0 Å². The summed E-state index contributed by atoms with van der Waals surface area (Å²) in [6.45, 7) is 4.43. The highest BCUT2D eigenvalue weighted by Gasteiger charge is 2.12. The molecule has 3 rings (SSSR count). The van der Waals surface area contributed by atoms with Crippen molar-refractivity contribution >= 4 is 33.5 Å². The molecule has 0 aliphatic heterocycles. The number of rotatable bonds is 2. The Balaban J connectivity index is 2.41. The lowest BCUT2D eigenvalue weighted by Crippen LogP contribution is -1.96. The molecule has 0 aliphatic rings. The predicted molar refractivity (Wildman–Crippen MR) is 74.9 cm³/mol. The van der Waals surface area contributed by atoms with Crippen molar-refractivity contribution in [1.82, 2.24) is 15.0 Å². The Morgan fingerprint density at radius 2 is 2.17 bits per heavy atom. The number of pyridine rings is 1. The van der Waals surface area contributed by atoms with Gasteiger partial charge in [0, 0.05) is 5.39 Å². The van der Waals surface area contributed by atoms with Crippen LogP contribution in [0.25, 0.3) is 21.9 Å². The van der Waals surface area contributed by atoms with Crippen LogP contribution in [0.15, 0.2) is 24.5 Å². The van der Waals surface area contributed by atoms with Gasteiger partial charge in [0.1, 0.15) is 5.52 Å². The van der Waals surface area contributed by atoms with Gasteiger partial charge in [-0.3, -0.25) is 0 Å². The number of nitrogens with one attached hydrogen (secondary N) is 1. The molecule has 1 aromatic carbocycles. The van der Waals surface area contributed by atoms with Crippen LogP contribution in [0.3, 0.4) is 0 Å². The van der Waals surface area contributed by atoms with Crippen molar-refractivity contribution in [3.63, 3.8) is 0 Å². The first kappa shape index (κ1) is 11.5. The monoisotopic (exact) mass is 259 g/mol. The Bertz CT molecular complexity index is 715. The van der Waals surface area contributed by atoms with E-state index in [4.69, 9.17) is 11.6 Å². The molecular weight excluding hydrogens is 246 g/mol. The molecule has 0 spiro atoms. The Hall–Kier alpha value is -1.61. The van der Waals surface area contributed by atoms with Crippen molar-refractivity contribution in [3.05, 3.63) is 35.2 Å². The number of hydrogen-bond acceptors (Lipinski definition) is 2. The smallest absolute Gasteiger partial charge is 0.157 e. The molecule has 0 fully saturated rings. The maximum absolute atomic E-state index is 6.14. The number of aromatic amines is 1. The minimum atomic E-state index is 0.459. The summed E-state index contributed by atoms with van der Waals surface area (Å²) in [4.78, 5) is 11.8. The zero-order chi connectivity index (χ0) is 12.7. The summed E-state index contributed by atoms with van der Waals surface area (Å²) in [5.74, 6) is 0.601. The van der Waals surface area contributed by atoms with Crippen LogP contribution in [0.4, 0.5) is 0 Å². The Labute approximate surface area is 110 Å². The number of imidazole rings is 1. The number of halogens is 1. The van der Waals surface area contributed by atoms with E-state index >= 15 is 0 Å². The summed E-state index contributed by atoms with van der Waals surface area (Å²) >= 11 is 6.14. The van der Waals surface area contributed by atoms with Crippen molar-refractivity contribution in [2.75, 3.05) is 0 Å². The van der Waals surface area contributed by atoms with E-state index in [0.717, 1.165) is 28.4 Å². The zero-order valence-corrected chi connectivity index (χ0v) is 11.1. The summed E-state index contributed by atoms with van der Waals surface area (Å²) in [6, 6.07) is 6.18. The first-order chi connectivity index (χ1) is 8.66. The summed E-state index contributed by atoms with van der Waals surface area (Å²) in [5, 5.41) is 1.60. The van der Waals surface area contributed by atoms with Crippen molar-refractivity contribution in [3.8, 4) is 0 Å². The minimum Gasteiger partial charge on any atom is -0.344 e. The van der Waals surface area contributed by atoms with Crippen LogP contribution in [0.5, 0.6) is 0 Å². The highest BCUT2D eigenvalue weighted by Crippen LogP contribution is 2.30. The molecule has 3 aromatic rings. The Morgan fingerprint density at radius 1 is 1.33 bits per heavy atom. The molecular formula is C14H14ClN3. The maximum Gasteiger partial charge on any atom is 0.157 e. The van der Waals surface area contributed by atoms with Crippen molar-refractivity contribution in [2.24, 2.45) is 5.92 Å². The number of hydrogen-bond donors (Lipinski definition) is 1. The molecule has 0 saturated carbocycles. The van der Waals surface area contributed by atoms with Gasteiger partial charge in [-0.25, -0.2) is 9.97 Å². The highest BCUT2D eigenvalue weighted by molar-refractivity contribution is 6.35.